The van der Waals surface area contributed by atoms with Gasteiger partial charge in [0.2, 0.25) is 0 Å². The molecule has 0 unspecified atom stereocenters. The van der Waals surface area contributed by atoms with Gasteiger partial charge in [-0.2, -0.15) is 4.68 Å². The highest BCUT2D eigenvalue weighted by atomic mass is 16.3. The Hall–Kier alpha value is -1.79. The highest BCUT2D eigenvalue weighted by Gasteiger charge is 2.23. The van der Waals surface area contributed by atoms with Gasteiger partial charge in [0, 0.05) is 12.6 Å². The summed E-state index contributed by atoms with van der Waals surface area (Å²) < 4.78 is 1.40. The molecule has 1 saturated carbocycles. The maximum atomic E-state index is 12.5. The molecule has 6 nitrogen and oxygen atoms in total. The third kappa shape index (κ3) is 2.96. The molecule has 0 atom stereocenters. The molecule has 1 fully saturated rings. The van der Waals surface area contributed by atoms with Crippen LogP contribution in [0, 0.1) is 0 Å². The number of nitrogens with zero attached hydrogens (tertiary/aromatic N) is 4. The highest BCUT2D eigenvalue weighted by molar-refractivity contribution is 5.76. The number of hydrogen-bond donors (Lipinski definition) is 1. The van der Waals surface area contributed by atoms with Gasteiger partial charge in [-0.1, -0.05) is 30.2 Å². The maximum absolute atomic E-state index is 12.5. The van der Waals surface area contributed by atoms with Gasteiger partial charge in [0.1, 0.15) is 5.52 Å². The molecule has 2 aromatic rings. The quantitative estimate of drug-likeness (QED) is 0.888. The summed E-state index contributed by atoms with van der Waals surface area (Å²) in [6.07, 6.45) is 4.67. The second-order valence-corrected chi connectivity index (χ2v) is 5.53. The Labute approximate surface area is 123 Å². The first kappa shape index (κ1) is 14.2. The van der Waals surface area contributed by atoms with Crippen LogP contribution in [-0.4, -0.2) is 44.2 Å². The molecule has 21 heavy (non-hydrogen) atoms. The van der Waals surface area contributed by atoms with Crippen LogP contribution in [0.15, 0.2) is 29.1 Å². The van der Waals surface area contributed by atoms with Crippen molar-refractivity contribution >= 4 is 10.9 Å². The van der Waals surface area contributed by atoms with Crippen LogP contribution in [-0.2, 0) is 6.67 Å². The number of aliphatic hydroxyl groups excluding tert-OH is 1. The summed E-state index contributed by atoms with van der Waals surface area (Å²) in [6.45, 7) is 1.04. The van der Waals surface area contributed by atoms with Crippen LogP contribution in [0.3, 0.4) is 0 Å². The fraction of sp³-hybridized carbons (Fsp3) is 0.533. The first-order valence-corrected chi connectivity index (χ1v) is 7.47. The normalized spacial score (nSPS) is 16.1. The Morgan fingerprint density at radius 2 is 2.05 bits per heavy atom. The zero-order valence-electron chi connectivity index (χ0n) is 12.0. The lowest BCUT2D eigenvalue weighted by Gasteiger charge is -2.27. The molecular weight excluding hydrogens is 268 g/mol. The minimum atomic E-state index is -0.124. The summed E-state index contributed by atoms with van der Waals surface area (Å²) in [4.78, 5) is 14.6. The first-order valence-electron chi connectivity index (χ1n) is 7.47. The second kappa shape index (κ2) is 6.32. The molecule has 1 heterocycles. The van der Waals surface area contributed by atoms with Gasteiger partial charge >= 0.3 is 0 Å². The molecule has 0 spiro atoms. The summed E-state index contributed by atoms with van der Waals surface area (Å²) >= 11 is 0. The zero-order valence-corrected chi connectivity index (χ0v) is 12.0. The van der Waals surface area contributed by atoms with Gasteiger partial charge in [0.15, 0.2) is 0 Å². The average molecular weight is 288 g/mol. The zero-order chi connectivity index (χ0) is 14.7. The minimum absolute atomic E-state index is 0.0895. The summed E-state index contributed by atoms with van der Waals surface area (Å²) in [7, 11) is 0. The molecule has 1 aliphatic carbocycles. The molecule has 1 aromatic carbocycles. The third-order valence-electron chi connectivity index (χ3n) is 4.17. The molecule has 0 amide bonds. The molecule has 0 saturated heterocycles. The number of hydrogen-bond acceptors (Lipinski definition) is 5. The van der Waals surface area contributed by atoms with Gasteiger partial charge in [-0.3, -0.25) is 9.69 Å². The third-order valence-corrected chi connectivity index (χ3v) is 4.17. The molecule has 1 aliphatic rings. The molecule has 112 valence electrons. The van der Waals surface area contributed by atoms with Crippen molar-refractivity contribution in [3.8, 4) is 0 Å². The van der Waals surface area contributed by atoms with Gasteiger partial charge in [0.05, 0.1) is 18.7 Å². The summed E-state index contributed by atoms with van der Waals surface area (Å²) in [5.74, 6) is 0. The van der Waals surface area contributed by atoms with Gasteiger partial charge in [-0.05, 0) is 25.0 Å². The number of rotatable bonds is 5. The van der Waals surface area contributed by atoms with Crippen molar-refractivity contribution in [3.63, 3.8) is 0 Å². The standard InChI is InChI=1S/C15H20N4O2/c20-10-9-18(12-5-1-2-6-12)11-19-15(21)13-7-3-4-8-14(13)16-17-19/h3-4,7-8,12,20H,1-2,5-6,9-11H2. The first-order chi connectivity index (χ1) is 10.3. The Morgan fingerprint density at radius 3 is 2.81 bits per heavy atom. The second-order valence-electron chi connectivity index (χ2n) is 5.53. The molecule has 0 radical (unpaired) electrons. The topological polar surface area (TPSA) is 71.2 Å². The summed E-state index contributed by atoms with van der Waals surface area (Å²) in [6, 6.07) is 7.67. The van der Waals surface area contributed by atoms with Crippen LogP contribution < -0.4 is 5.56 Å². The molecule has 0 aliphatic heterocycles. The van der Waals surface area contributed by atoms with Crippen LogP contribution in [0.5, 0.6) is 0 Å². The van der Waals surface area contributed by atoms with E-state index in [1.165, 1.54) is 17.5 Å². The molecular formula is C15H20N4O2. The van der Waals surface area contributed by atoms with E-state index < -0.39 is 0 Å². The lowest BCUT2D eigenvalue weighted by Crippen LogP contribution is -2.41. The minimum Gasteiger partial charge on any atom is -0.395 e. The predicted molar refractivity (Wildman–Crippen MR) is 79.8 cm³/mol. The van der Waals surface area contributed by atoms with Crippen molar-refractivity contribution in [2.75, 3.05) is 13.2 Å². The van der Waals surface area contributed by atoms with Crippen LogP contribution in [0.2, 0.25) is 0 Å². The summed E-state index contributed by atoms with van der Waals surface area (Å²) in [5, 5.41) is 18.0. The van der Waals surface area contributed by atoms with E-state index in [2.05, 4.69) is 15.2 Å². The van der Waals surface area contributed by atoms with E-state index in [-0.39, 0.29) is 12.2 Å². The average Bonchev–Trinajstić information content (AvgIpc) is 3.04. The van der Waals surface area contributed by atoms with Crippen molar-refractivity contribution in [1.82, 2.24) is 19.9 Å². The van der Waals surface area contributed by atoms with E-state index in [1.54, 1.807) is 12.1 Å². The largest absolute Gasteiger partial charge is 0.395 e. The number of aromatic nitrogens is 3. The van der Waals surface area contributed by atoms with Crippen molar-refractivity contribution in [2.24, 2.45) is 0 Å². The van der Waals surface area contributed by atoms with Crippen molar-refractivity contribution in [1.29, 1.82) is 0 Å². The van der Waals surface area contributed by atoms with Crippen LogP contribution in [0.25, 0.3) is 10.9 Å². The molecule has 0 bridgehead atoms. The fourth-order valence-electron chi connectivity index (χ4n) is 3.05. The van der Waals surface area contributed by atoms with Gasteiger partial charge in [-0.15, -0.1) is 5.10 Å². The van der Waals surface area contributed by atoms with E-state index in [0.717, 1.165) is 12.8 Å². The van der Waals surface area contributed by atoms with Gasteiger partial charge in [-0.25, -0.2) is 0 Å². The lowest BCUT2D eigenvalue weighted by molar-refractivity contribution is 0.109. The van der Waals surface area contributed by atoms with E-state index >= 15 is 0 Å². The van der Waals surface area contributed by atoms with E-state index in [1.807, 2.05) is 12.1 Å². The molecule has 3 rings (SSSR count). The number of benzene rings is 1. The molecule has 6 heteroatoms. The van der Waals surface area contributed by atoms with Crippen molar-refractivity contribution in [2.45, 2.75) is 38.4 Å². The Bertz CT molecular complexity index is 664. The maximum Gasteiger partial charge on any atom is 0.278 e. The smallest absolute Gasteiger partial charge is 0.278 e. The highest BCUT2D eigenvalue weighted by Crippen LogP contribution is 2.23. The fourth-order valence-corrected chi connectivity index (χ4v) is 3.05. The van der Waals surface area contributed by atoms with Crippen molar-refractivity contribution in [3.05, 3.63) is 34.6 Å². The van der Waals surface area contributed by atoms with E-state index in [4.69, 9.17) is 0 Å². The Kier molecular flexibility index (Phi) is 4.26. The van der Waals surface area contributed by atoms with Crippen LogP contribution >= 0.6 is 0 Å². The van der Waals surface area contributed by atoms with Gasteiger partial charge < -0.3 is 5.11 Å². The van der Waals surface area contributed by atoms with E-state index in [9.17, 15) is 9.90 Å². The Morgan fingerprint density at radius 1 is 1.29 bits per heavy atom. The monoisotopic (exact) mass is 288 g/mol. The van der Waals surface area contributed by atoms with Crippen molar-refractivity contribution < 1.29 is 5.11 Å². The lowest BCUT2D eigenvalue weighted by atomic mass is 10.2. The van der Waals surface area contributed by atoms with Crippen LogP contribution in [0.4, 0.5) is 0 Å². The molecule has 1 aromatic heterocycles. The number of aliphatic hydroxyl groups is 1. The predicted octanol–water partition coefficient (Wildman–Crippen LogP) is 0.986. The van der Waals surface area contributed by atoms with E-state index in [0.29, 0.717) is 30.2 Å². The molecule has 1 N–H and O–H groups in total. The van der Waals surface area contributed by atoms with Gasteiger partial charge in [0.25, 0.3) is 5.56 Å². The Balaban J connectivity index is 1.88. The van der Waals surface area contributed by atoms with Crippen LogP contribution in [0.1, 0.15) is 25.7 Å². The number of fused-ring (bicyclic) bond motifs is 1. The SMILES string of the molecule is O=c1c2ccccc2nnn1CN(CCO)C1CCCC1. The summed E-state index contributed by atoms with van der Waals surface area (Å²) in [5.41, 5.74) is 0.495.